The van der Waals surface area contributed by atoms with Crippen LogP contribution in [0.2, 0.25) is 0 Å². The van der Waals surface area contributed by atoms with Crippen molar-refractivity contribution in [1.29, 1.82) is 0 Å². The molecular weight excluding hydrogens is 406 g/mol. The normalized spacial score (nSPS) is 14.3. The number of methoxy groups -OCH3 is 3. The van der Waals surface area contributed by atoms with Crippen LogP contribution in [0.1, 0.15) is 27.0 Å². The number of nitrogens with zero attached hydrogens (tertiary/aromatic N) is 1. The second kappa shape index (κ2) is 8.98. The largest absolute Gasteiger partial charge is 0.497 e. The lowest BCUT2D eigenvalue weighted by Crippen LogP contribution is -2.41. The molecule has 0 fully saturated rings. The summed E-state index contributed by atoms with van der Waals surface area (Å²) < 4.78 is 15.9. The van der Waals surface area contributed by atoms with Gasteiger partial charge in [-0.2, -0.15) is 0 Å². The van der Waals surface area contributed by atoms with Gasteiger partial charge in [0.05, 0.1) is 27.9 Å². The molecule has 3 aromatic rings. The van der Waals surface area contributed by atoms with Crippen LogP contribution in [0.15, 0.2) is 66.7 Å². The lowest BCUT2D eigenvalue weighted by Gasteiger charge is -2.29. The van der Waals surface area contributed by atoms with E-state index in [0.29, 0.717) is 33.9 Å². The molecule has 1 aliphatic rings. The quantitative estimate of drug-likeness (QED) is 0.428. The molecule has 0 unspecified atom stereocenters. The second-order valence-electron chi connectivity index (χ2n) is 7.29. The van der Waals surface area contributed by atoms with Crippen LogP contribution >= 0.6 is 0 Å². The number of carbonyl (C=O) groups is 2. The number of fused-ring (bicyclic) bond motifs is 1. The second-order valence-corrected chi connectivity index (χ2v) is 7.29. The van der Waals surface area contributed by atoms with Crippen LogP contribution in [0.4, 0.5) is 0 Å². The maximum atomic E-state index is 13.5. The smallest absolute Gasteiger partial charge is 0.261 e. The van der Waals surface area contributed by atoms with Crippen LogP contribution in [0, 0.1) is 0 Å². The van der Waals surface area contributed by atoms with Crippen molar-refractivity contribution in [1.82, 2.24) is 4.90 Å². The number of amides is 2. The van der Waals surface area contributed by atoms with Gasteiger partial charge < -0.3 is 14.2 Å². The molecule has 6 heteroatoms. The van der Waals surface area contributed by atoms with E-state index in [-0.39, 0.29) is 18.4 Å². The minimum atomic E-state index is -0.355. The SMILES string of the molecule is COc1ccc(CN2C(=O)/C(=C\c3cc(OC)cc(OC)c3)c3ccccc3C2=O)cc1. The van der Waals surface area contributed by atoms with Crippen LogP contribution in [-0.4, -0.2) is 38.0 Å². The molecule has 3 aromatic carbocycles. The molecule has 0 saturated heterocycles. The van der Waals surface area contributed by atoms with E-state index in [2.05, 4.69) is 0 Å². The van der Waals surface area contributed by atoms with E-state index >= 15 is 0 Å². The van der Waals surface area contributed by atoms with Crippen LogP contribution in [-0.2, 0) is 11.3 Å². The molecule has 0 aliphatic carbocycles. The minimum Gasteiger partial charge on any atom is -0.497 e. The molecule has 1 heterocycles. The van der Waals surface area contributed by atoms with E-state index in [1.807, 2.05) is 30.3 Å². The minimum absolute atomic E-state index is 0.161. The van der Waals surface area contributed by atoms with Gasteiger partial charge in [0.2, 0.25) is 0 Å². The topological polar surface area (TPSA) is 65.1 Å². The highest BCUT2D eigenvalue weighted by molar-refractivity contribution is 6.33. The van der Waals surface area contributed by atoms with E-state index in [1.165, 1.54) is 4.90 Å². The first-order valence-corrected chi connectivity index (χ1v) is 10.1. The van der Waals surface area contributed by atoms with Crippen molar-refractivity contribution in [3.05, 3.63) is 89.0 Å². The standard InChI is InChI=1S/C26H23NO5/c1-30-19-10-8-17(9-11-19)16-27-25(28)23-7-5-4-6-22(23)24(26(27)29)14-18-12-20(31-2)15-21(13-18)32-3/h4-15H,16H2,1-3H3/b24-14-. The predicted octanol–water partition coefficient (Wildman–Crippen LogP) is 4.44. The Morgan fingerprint density at radius 3 is 1.91 bits per heavy atom. The van der Waals surface area contributed by atoms with Gasteiger partial charge in [0.1, 0.15) is 17.2 Å². The maximum Gasteiger partial charge on any atom is 0.261 e. The molecule has 32 heavy (non-hydrogen) atoms. The molecule has 1 aliphatic heterocycles. The highest BCUT2D eigenvalue weighted by Gasteiger charge is 2.34. The first kappa shape index (κ1) is 21.2. The number of imide groups is 1. The molecule has 0 radical (unpaired) electrons. The summed E-state index contributed by atoms with van der Waals surface area (Å²) in [7, 11) is 4.73. The van der Waals surface area contributed by atoms with Gasteiger partial charge in [-0.15, -0.1) is 0 Å². The third-order valence-electron chi connectivity index (χ3n) is 5.35. The molecule has 2 amide bonds. The van der Waals surface area contributed by atoms with Gasteiger partial charge in [-0.1, -0.05) is 30.3 Å². The summed E-state index contributed by atoms with van der Waals surface area (Å²) in [5, 5.41) is 0. The summed E-state index contributed by atoms with van der Waals surface area (Å²) >= 11 is 0. The Morgan fingerprint density at radius 1 is 0.719 bits per heavy atom. The van der Waals surface area contributed by atoms with E-state index < -0.39 is 0 Å². The van der Waals surface area contributed by atoms with Crippen molar-refractivity contribution in [2.75, 3.05) is 21.3 Å². The first-order chi connectivity index (χ1) is 15.5. The molecule has 0 spiro atoms. The molecule has 0 saturated carbocycles. The van der Waals surface area contributed by atoms with Crippen LogP contribution in [0.5, 0.6) is 17.2 Å². The molecule has 0 aromatic heterocycles. The Balaban J connectivity index is 1.78. The number of hydrogen-bond acceptors (Lipinski definition) is 5. The fourth-order valence-corrected chi connectivity index (χ4v) is 3.68. The Kier molecular flexibility index (Phi) is 5.94. The lowest BCUT2D eigenvalue weighted by atomic mass is 9.91. The summed E-state index contributed by atoms with van der Waals surface area (Å²) in [6.45, 7) is 0.161. The Labute approximate surface area is 186 Å². The monoisotopic (exact) mass is 429 g/mol. The fourth-order valence-electron chi connectivity index (χ4n) is 3.68. The average Bonchev–Trinajstić information content (AvgIpc) is 2.84. The van der Waals surface area contributed by atoms with Crippen molar-refractivity contribution >= 4 is 23.5 Å². The molecule has 162 valence electrons. The fraction of sp³-hybridized carbons (Fsp3) is 0.154. The molecular formula is C26H23NO5. The third-order valence-corrected chi connectivity index (χ3v) is 5.35. The summed E-state index contributed by atoms with van der Waals surface area (Å²) in [4.78, 5) is 27.9. The number of hydrogen-bond donors (Lipinski definition) is 0. The van der Waals surface area contributed by atoms with E-state index in [1.54, 1.807) is 63.8 Å². The van der Waals surface area contributed by atoms with Gasteiger partial charge >= 0.3 is 0 Å². The highest BCUT2D eigenvalue weighted by atomic mass is 16.5. The van der Waals surface area contributed by atoms with Crippen molar-refractivity contribution in [3.8, 4) is 17.2 Å². The van der Waals surface area contributed by atoms with E-state index in [9.17, 15) is 9.59 Å². The van der Waals surface area contributed by atoms with Crippen molar-refractivity contribution < 1.29 is 23.8 Å². The molecule has 0 bridgehead atoms. The zero-order valence-corrected chi connectivity index (χ0v) is 18.1. The summed E-state index contributed by atoms with van der Waals surface area (Å²) in [5.74, 6) is 1.26. The van der Waals surface area contributed by atoms with Gasteiger partial charge in [0, 0.05) is 17.2 Å². The molecule has 6 nitrogen and oxygen atoms in total. The summed E-state index contributed by atoms with van der Waals surface area (Å²) in [5.41, 5.74) is 3.09. The van der Waals surface area contributed by atoms with Crippen molar-refractivity contribution in [2.24, 2.45) is 0 Å². The number of carbonyl (C=O) groups excluding carboxylic acids is 2. The lowest BCUT2D eigenvalue weighted by molar-refractivity contribution is -0.123. The molecule has 4 rings (SSSR count). The number of benzene rings is 3. The van der Waals surface area contributed by atoms with Crippen LogP contribution in [0.3, 0.4) is 0 Å². The Morgan fingerprint density at radius 2 is 1.31 bits per heavy atom. The van der Waals surface area contributed by atoms with E-state index in [0.717, 1.165) is 11.1 Å². The maximum absolute atomic E-state index is 13.5. The summed E-state index contributed by atoms with van der Waals surface area (Å²) in [6.07, 6.45) is 1.76. The molecule has 0 atom stereocenters. The van der Waals surface area contributed by atoms with Crippen molar-refractivity contribution in [3.63, 3.8) is 0 Å². The van der Waals surface area contributed by atoms with Gasteiger partial charge in [0.25, 0.3) is 11.8 Å². The number of ether oxygens (including phenoxy) is 3. The molecule has 0 N–H and O–H groups in total. The average molecular weight is 429 g/mol. The van der Waals surface area contributed by atoms with Gasteiger partial charge in [-0.3, -0.25) is 14.5 Å². The van der Waals surface area contributed by atoms with Crippen molar-refractivity contribution in [2.45, 2.75) is 6.54 Å². The summed E-state index contributed by atoms with van der Waals surface area (Å²) in [6, 6.07) is 19.8. The zero-order valence-electron chi connectivity index (χ0n) is 18.1. The highest BCUT2D eigenvalue weighted by Crippen LogP contribution is 2.33. The van der Waals surface area contributed by atoms with Crippen LogP contribution in [0.25, 0.3) is 11.6 Å². The Hall–Kier alpha value is -4.06. The third kappa shape index (κ3) is 4.07. The van der Waals surface area contributed by atoms with Gasteiger partial charge in [-0.05, 0) is 53.1 Å². The van der Waals surface area contributed by atoms with Gasteiger partial charge in [0.15, 0.2) is 0 Å². The first-order valence-electron chi connectivity index (χ1n) is 10.1. The zero-order chi connectivity index (χ0) is 22.7. The predicted molar refractivity (Wildman–Crippen MR) is 122 cm³/mol. The Bertz CT molecular complexity index is 1170. The van der Waals surface area contributed by atoms with Gasteiger partial charge in [-0.25, -0.2) is 0 Å². The van der Waals surface area contributed by atoms with Crippen LogP contribution < -0.4 is 14.2 Å². The number of rotatable bonds is 6. The van der Waals surface area contributed by atoms with E-state index in [4.69, 9.17) is 14.2 Å².